The molecule has 0 N–H and O–H groups in total. The van der Waals surface area contributed by atoms with Crippen LogP contribution in [0.4, 0.5) is 0 Å². The Labute approximate surface area is 192 Å². The molecular weight excluding hydrogens is 396 g/mol. The molecule has 0 aromatic heterocycles. The van der Waals surface area contributed by atoms with E-state index in [1.165, 1.54) is 24.0 Å². The summed E-state index contributed by atoms with van der Waals surface area (Å²) in [6, 6.07) is 17.2. The second-order valence-electron chi connectivity index (χ2n) is 10.4. The number of rotatable bonds is 5. The highest BCUT2D eigenvalue weighted by atomic mass is 16.5. The van der Waals surface area contributed by atoms with Gasteiger partial charge in [-0.3, -0.25) is 4.79 Å². The Morgan fingerprint density at radius 2 is 1.84 bits per heavy atom. The smallest absolute Gasteiger partial charge is 0.232 e. The number of piperidine rings is 1. The van der Waals surface area contributed by atoms with Crippen molar-refractivity contribution in [3.05, 3.63) is 65.2 Å². The van der Waals surface area contributed by atoms with Crippen LogP contribution in [-0.2, 0) is 11.3 Å². The lowest BCUT2D eigenvalue weighted by atomic mass is 9.72. The summed E-state index contributed by atoms with van der Waals surface area (Å²) in [6.45, 7) is 10.4. The lowest BCUT2D eigenvalue weighted by molar-refractivity contribution is -0.142. The summed E-state index contributed by atoms with van der Waals surface area (Å²) in [5.41, 5.74) is 3.50. The second kappa shape index (κ2) is 8.55. The fraction of sp³-hybridized carbons (Fsp3) is 0.536. The summed E-state index contributed by atoms with van der Waals surface area (Å²) in [4.78, 5) is 18.3. The van der Waals surface area contributed by atoms with Crippen LogP contribution in [0.5, 0.6) is 5.75 Å². The summed E-state index contributed by atoms with van der Waals surface area (Å²) >= 11 is 0. The van der Waals surface area contributed by atoms with Crippen molar-refractivity contribution in [1.29, 1.82) is 0 Å². The summed E-state index contributed by atoms with van der Waals surface area (Å²) in [5.74, 6) is 2.22. The number of nitrogens with zero attached hydrogens (tertiary/aromatic N) is 2. The molecule has 2 fully saturated rings. The number of carbonyl (C=O) groups is 1. The van der Waals surface area contributed by atoms with Gasteiger partial charge in [0, 0.05) is 12.0 Å². The zero-order valence-electron chi connectivity index (χ0n) is 19.7. The van der Waals surface area contributed by atoms with E-state index >= 15 is 0 Å². The molecule has 0 radical (unpaired) electrons. The zero-order valence-corrected chi connectivity index (χ0v) is 19.7. The molecule has 4 heteroatoms. The molecule has 0 spiro atoms. The molecule has 5 rings (SSSR count). The Hall–Kier alpha value is -2.33. The van der Waals surface area contributed by atoms with Gasteiger partial charge in [-0.1, -0.05) is 61.9 Å². The molecule has 2 aromatic rings. The van der Waals surface area contributed by atoms with Crippen molar-refractivity contribution < 1.29 is 9.53 Å². The predicted molar refractivity (Wildman–Crippen MR) is 128 cm³/mol. The monoisotopic (exact) mass is 432 g/mol. The summed E-state index contributed by atoms with van der Waals surface area (Å²) in [7, 11) is 0. The van der Waals surface area contributed by atoms with Gasteiger partial charge in [-0.15, -0.1) is 0 Å². The Balaban J connectivity index is 1.24. The number of fused-ring (bicyclic) bond motifs is 2. The van der Waals surface area contributed by atoms with Crippen LogP contribution in [-0.4, -0.2) is 41.6 Å². The Kier molecular flexibility index (Phi) is 5.75. The normalized spacial score (nSPS) is 26.2. The molecule has 2 atom stereocenters. The van der Waals surface area contributed by atoms with E-state index in [0.717, 1.165) is 43.8 Å². The quantitative estimate of drug-likeness (QED) is 0.638. The number of amides is 1. The first-order valence-electron chi connectivity index (χ1n) is 12.3. The van der Waals surface area contributed by atoms with E-state index in [1.54, 1.807) is 0 Å². The van der Waals surface area contributed by atoms with Crippen LogP contribution in [0.2, 0.25) is 0 Å². The Bertz CT molecular complexity index is 965. The number of hydrogen-bond acceptors (Lipinski definition) is 3. The van der Waals surface area contributed by atoms with Crippen LogP contribution < -0.4 is 4.74 Å². The van der Waals surface area contributed by atoms with E-state index in [4.69, 9.17) is 4.74 Å². The molecule has 2 aromatic carbocycles. The molecule has 0 bridgehead atoms. The van der Waals surface area contributed by atoms with Crippen LogP contribution in [0.15, 0.2) is 48.5 Å². The minimum atomic E-state index is -0.321. The standard InChI is InChI=1S/C28H36N2O2/c1-20(2)28(13-16-29-14-11-23(12-15-29)22-7-5-4-6-8-22)18-26-30(27(28)31)19-24-17-21(3)9-10-25(24)32-26/h4-10,17,20,23,26H,11-16,18-19H2,1-3H3. The van der Waals surface area contributed by atoms with E-state index in [-0.39, 0.29) is 11.6 Å². The van der Waals surface area contributed by atoms with Crippen LogP contribution >= 0.6 is 0 Å². The zero-order chi connectivity index (χ0) is 22.3. The highest BCUT2D eigenvalue weighted by Crippen LogP contribution is 2.48. The van der Waals surface area contributed by atoms with E-state index in [9.17, 15) is 4.79 Å². The van der Waals surface area contributed by atoms with Crippen LogP contribution in [0, 0.1) is 18.3 Å². The Morgan fingerprint density at radius 3 is 2.56 bits per heavy atom. The van der Waals surface area contributed by atoms with Crippen molar-refractivity contribution >= 4 is 5.91 Å². The van der Waals surface area contributed by atoms with Crippen molar-refractivity contribution in [3.63, 3.8) is 0 Å². The first-order chi connectivity index (χ1) is 15.5. The van der Waals surface area contributed by atoms with E-state index in [0.29, 0.717) is 24.3 Å². The van der Waals surface area contributed by atoms with Gasteiger partial charge in [0.2, 0.25) is 5.91 Å². The van der Waals surface area contributed by atoms with Gasteiger partial charge in [-0.25, -0.2) is 0 Å². The number of aryl methyl sites for hydroxylation is 1. The van der Waals surface area contributed by atoms with Gasteiger partial charge in [0.05, 0.1) is 12.0 Å². The first kappa shape index (κ1) is 21.5. The van der Waals surface area contributed by atoms with Crippen molar-refractivity contribution in [1.82, 2.24) is 9.80 Å². The summed E-state index contributed by atoms with van der Waals surface area (Å²) in [5, 5.41) is 0. The van der Waals surface area contributed by atoms with Crippen molar-refractivity contribution in [2.24, 2.45) is 11.3 Å². The molecule has 1 amide bonds. The molecule has 0 saturated carbocycles. The van der Waals surface area contributed by atoms with Crippen LogP contribution in [0.1, 0.15) is 62.1 Å². The molecule has 3 heterocycles. The molecular formula is C28H36N2O2. The van der Waals surface area contributed by atoms with Gasteiger partial charge >= 0.3 is 0 Å². The number of benzene rings is 2. The third kappa shape index (κ3) is 3.83. The SMILES string of the molecule is Cc1ccc2c(c1)CN1C(=O)C(CCN3CCC(c4ccccc4)CC3)(C(C)C)CC1O2. The molecule has 0 aliphatic carbocycles. The molecule has 3 aliphatic rings. The number of carbonyl (C=O) groups excluding carboxylic acids is 1. The minimum absolute atomic E-state index is 0.121. The maximum Gasteiger partial charge on any atom is 0.232 e. The fourth-order valence-electron chi connectivity index (χ4n) is 6.03. The van der Waals surface area contributed by atoms with Crippen LogP contribution in [0.3, 0.4) is 0 Å². The predicted octanol–water partition coefficient (Wildman–Crippen LogP) is 5.36. The number of ether oxygens (including phenoxy) is 1. The van der Waals surface area contributed by atoms with E-state index < -0.39 is 0 Å². The fourth-order valence-corrected chi connectivity index (χ4v) is 6.03. The van der Waals surface area contributed by atoms with Crippen LogP contribution in [0.25, 0.3) is 0 Å². The van der Waals surface area contributed by atoms with Gasteiger partial charge in [-0.2, -0.15) is 0 Å². The maximum atomic E-state index is 13.7. The average Bonchev–Trinajstić information content (AvgIpc) is 3.09. The van der Waals surface area contributed by atoms with E-state index in [2.05, 4.69) is 74.2 Å². The third-order valence-electron chi connectivity index (χ3n) is 8.23. The highest BCUT2D eigenvalue weighted by Gasteiger charge is 2.55. The average molecular weight is 433 g/mol. The highest BCUT2D eigenvalue weighted by molar-refractivity contribution is 5.86. The molecule has 4 nitrogen and oxygen atoms in total. The third-order valence-corrected chi connectivity index (χ3v) is 8.23. The second-order valence-corrected chi connectivity index (χ2v) is 10.4. The van der Waals surface area contributed by atoms with Crippen molar-refractivity contribution in [3.8, 4) is 5.75 Å². The lowest BCUT2D eigenvalue weighted by Gasteiger charge is -2.36. The molecule has 32 heavy (non-hydrogen) atoms. The van der Waals surface area contributed by atoms with Gasteiger partial charge in [0.1, 0.15) is 5.75 Å². The topological polar surface area (TPSA) is 32.8 Å². The molecule has 3 aliphatic heterocycles. The Morgan fingerprint density at radius 1 is 1.09 bits per heavy atom. The lowest BCUT2D eigenvalue weighted by Crippen LogP contribution is -2.43. The van der Waals surface area contributed by atoms with Crippen molar-refractivity contribution in [2.75, 3.05) is 19.6 Å². The van der Waals surface area contributed by atoms with Gasteiger partial charge in [0.25, 0.3) is 0 Å². The number of likely N-dealkylation sites (tertiary alicyclic amines) is 1. The molecule has 2 saturated heterocycles. The largest absolute Gasteiger partial charge is 0.470 e. The summed E-state index contributed by atoms with van der Waals surface area (Å²) < 4.78 is 6.33. The molecule has 170 valence electrons. The minimum Gasteiger partial charge on any atom is -0.470 e. The van der Waals surface area contributed by atoms with Gasteiger partial charge in [0.15, 0.2) is 6.23 Å². The summed E-state index contributed by atoms with van der Waals surface area (Å²) in [6.07, 6.45) is 4.02. The maximum absolute atomic E-state index is 13.7. The van der Waals surface area contributed by atoms with E-state index in [1.807, 2.05) is 4.90 Å². The molecule has 2 unspecified atom stereocenters. The van der Waals surface area contributed by atoms with Gasteiger partial charge < -0.3 is 14.5 Å². The van der Waals surface area contributed by atoms with Crippen molar-refractivity contribution in [2.45, 2.75) is 65.1 Å². The van der Waals surface area contributed by atoms with Gasteiger partial charge in [-0.05, 0) is 69.3 Å². The first-order valence-corrected chi connectivity index (χ1v) is 12.3. The number of hydrogen-bond donors (Lipinski definition) is 0.